The maximum absolute atomic E-state index is 8.37. The van der Waals surface area contributed by atoms with Gasteiger partial charge in [-0.15, -0.1) is 0 Å². The van der Waals surface area contributed by atoms with Crippen molar-refractivity contribution in [1.29, 1.82) is 0 Å². The van der Waals surface area contributed by atoms with Crippen LogP contribution in [0.4, 0.5) is 0 Å². The van der Waals surface area contributed by atoms with E-state index in [-0.39, 0.29) is 0 Å². The molecule has 4 aromatic carbocycles. The summed E-state index contributed by atoms with van der Waals surface area (Å²) in [6.07, 6.45) is 1.81. The minimum Gasteiger partial charge on any atom is -0.256 e. The molecule has 0 saturated heterocycles. The third-order valence-electron chi connectivity index (χ3n) is 5.58. The van der Waals surface area contributed by atoms with Gasteiger partial charge in [0.15, 0.2) is 0 Å². The standard InChI is InChI=1S/C28H23N/c1-19(2)21-14-15-29-28(18-21)23-12-13-25-24-11-7-6-10-22(24)16-26(27(25)17-23)20-8-4-3-5-9-20/h3-19H,1-2H3/i19D. The molecule has 0 fully saturated rings. The Hall–Kier alpha value is -3.45. The zero-order valence-electron chi connectivity index (χ0n) is 17.7. The van der Waals surface area contributed by atoms with Gasteiger partial charge in [0.25, 0.3) is 0 Å². The third-order valence-corrected chi connectivity index (χ3v) is 5.58. The first-order valence-electron chi connectivity index (χ1n) is 10.5. The van der Waals surface area contributed by atoms with Gasteiger partial charge in [-0.2, -0.15) is 0 Å². The van der Waals surface area contributed by atoms with Crippen molar-refractivity contribution < 1.29 is 1.37 Å². The molecule has 0 N–H and O–H groups in total. The lowest BCUT2D eigenvalue weighted by Crippen LogP contribution is -1.91. The number of fused-ring (bicyclic) bond motifs is 3. The molecule has 0 spiro atoms. The molecule has 0 unspecified atom stereocenters. The van der Waals surface area contributed by atoms with E-state index in [1.165, 1.54) is 32.7 Å². The van der Waals surface area contributed by atoms with Crippen molar-refractivity contribution in [2.75, 3.05) is 0 Å². The van der Waals surface area contributed by atoms with Gasteiger partial charge in [-0.1, -0.05) is 80.6 Å². The molecule has 0 saturated carbocycles. The molecule has 0 aliphatic heterocycles. The zero-order chi connectivity index (χ0) is 20.7. The van der Waals surface area contributed by atoms with Crippen molar-refractivity contribution in [1.82, 2.24) is 4.98 Å². The number of hydrogen-bond donors (Lipinski definition) is 0. The molecule has 5 aromatic rings. The van der Waals surface area contributed by atoms with Crippen LogP contribution in [-0.4, -0.2) is 4.98 Å². The van der Waals surface area contributed by atoms with Crippen LogP contribution in [-0.2, 0) is 0 Å². The molecule has 1 heteroatoms. The molecule has 1 nitrogen and oxygen atoms in total. The van der Waals surface area contributed by atoms with E-state index in [2.05, 4.69) is 83.8 Å². The summed E-state index contributed by atoms with van der Waals surface area (Å²) < 4.78 is 8.37. The summed E-state index contributed by atoms with van der Waals surface area (Å²) in [5.74, 6) is -0.653. The fraction of sp³-hybridized carbons (Fsp3) is 0.107. The third kappa shape index (κ3) is 3.19. The quantitative estimate of drug-likeness (QED) is 0.293. The van der Waals surface area contributed by atoms with Gasteiger partial charge in [0.1, 0.15) is 0 Å². The molecule has 0 atom stereocenters. The topological polar surface area (TPSA) is 12.9 Å². The summed E-state index contributed by atoms with van der Waals surface area (Å²) in [5.41, 5.74) is 5.37. The monoisotopic (exact) mass is 374 g/mol. The Kier molecular flexibility index (Phi) is 4.08. The van der Waals surface area contributed by atoms with Gasteiger partial charge in [-0.05, 0) is 68.4 Å². The van der Waals surface area contributed by atoms with Crippen molar-refractivity contribution >= 4 is 21.5 Å². The molecule has 5 rings (SSSR count). The van der Waals surface area contributed by atoms with Crippen molar-refractivity contribution in [3.8, 4) is 22.4 Å². The summed E-state index contributed by atoms with van der Waals surface area (Å²) in [6, 6.07) is 32.0. The maximum atomic E-state index is 8.37. The zero-order valence-corrected chi connectivity index (χ0v) is 16.7. The highest BCUT2D eigenvalue weighted by molar-refractivity contribution is 6.14. The SMILES string of the molecule is [2H]C(C)(C)c1ccnc(-c2ccc3c(c2)c(-c2ccccc2)cc2ccccc23)c1. The molecule has 140 valence electrons. The molecular weight excluding hydrogens is 350 g/mol. The van der Waals surface area contributed by atoms with Gasteiger partial charge in [-0.25, -0.2) is 0 Å². The predicted octanol–water partition coefficient (Wildman–Crippen LogP) is 7.85. The second kappa shape index (κ2) is 7.18. The normalized spacial score (nSPS) is 12.3. The van der Waals surface area contributed by atoms with Gasteiger partial charge in [-0.3, -0.25) is 4.98 Å². The largest absolute Gasteiger partial charge is 0.256 e. The summed E-state index contributed by atoms with van der Waals surface area (Å²) in [7, 11) is 0. The van der Waals surface area contributed by atoms with Crippen LogP contribution >= 0.6 is 0 Å². The predicted molar refractivity (Wildman–Crippen MR) is 124 cm³/mol. The minimum atomic E-state index is -0.653. The summed E-state index contributed by atoms with van der Waals surface area (Å²) in [6.45, 7) is 3.82. The van der Waals surface area contributed by atoms with E-state index in [0.717, 1.165) is 16.8 Å². The molecule has 0 amide bonds. The fourth-order valence-corrected chi connectivity index (χ4v) is 4.02. The summed E-state index contributed by atoms with van der Waals surface area (Å²) >= 11 is 0. The first kappa shape index (κ1) is 16.5. The van der Waals surface area contributed by atoms with Gasteiger partial charge in [0.2, 0.25) is 0 Å². The van der Waals surface area contributed by atoms with E-state index in [9.17, 15) is 0 Å². The Labute approximate surface area is 173 Å². The molecule has 0 radical (unpaired) electrons. The Morgan fingerprint density at radius 2 is 1.48 bits per heavy atom. The number of rotatable bonds is 3. The van der Waals surface area contributed by atoms with E-state index in [1.807, 2.05) is 32.2 Å². The highest BCUT2D eigenvalue weighted by Gasteiger charge is 2.11. The maximum Gasteiger partial charge on any atom is 0.0705 e. The van der Waals surface area contributed by atoms with Crippen molar-refractivity contribution in [3.63, 3.8) is 0 Å². The van der Waals surface area contributed by atoms with E-state index >= 15 is 0 Å². The Morgan fingerprint density at radius 3 is 2.31 bits per heavy atom. The lowest BCUT2D eigenvalue weighted by atomic mass is 9.91. The van der Waals surface area contributed by atoms with Crippen molar-refractivity contribution in [2.45, 2.75) is 19.7 Å². The number of pyridine rings is 1. The van der Waals surface area contributed by atoms with Crippen LogP contribution in [0.2, 0.25) is 0 Å². The van der Waals surface area contributed by atoms with Crippen LogP contribution in [0, 0.1) is 0 Å². The molecule has 0 aliphatic rings. The Morgan fingerprint density at radius 1 is 0.690 bits per heavy atom. The smallest absolute Gasteiger partial charge is 0.0705 e. The molecule has 1 heterocycles. The highest BCUT2D eigenvalue weighted by Crippen LogP contribution is 2.37. The van der Waals surface area contributed by atoms with Crippen LogP contribution in [0.25, 0.3) is 43.9 Å². The second-order valence-corrected chi connectivity index (χ2v) is 7.70. The first-order chi connectivity index (χ1) is 14.5. The lowest BCUT2D eigenvalue weighted by Gasteiger charge is -2.13. The highest BCUT2D eigenvalue weighted by atomic mass is 14.7. The minimum absolute atomic E-state index is 0.653. The molecule has 1 aromatic heterocycles. The van der Waals surface area contributed by atoms with Gasteiger partial charge in [0, 0.05) is 13.1 Å². The first-order valence-corrected chi connectivity index (χ1v) is 9.98. The molecule has 0 aliphatic carbocycles. The lowest BCUT2D eigenvalue weighted by molar-refractivity contribution is 0.864. The fourth-order valence-electron chi connectivity index (χ4n) is 4.02. The summed E-state index contributed by atoms with van der Waals surface area (Å²) in [5, 5.41) is 4.96. The molecular formula is C28H23N. The van der Waals surface area contributed by atoms with Crippen LogP contribution in [0.5, 0.6) is 0 Å². The van der Waals surface area contributed by atoms with Crippen LogP contribution < -0.4 is 0 Å². The van der Waals surface area contributed by atoms with Crippen molar-refractivity contribution in [3.05, 3.63) is 103 Å². The van der Waals surface area contributed by atoms with Crippen LogP contribution in [0.1, 0.15) is 26.7 Å². The molecule has 0 bridgehead atoms. The summed E-state index contributed by atoms with van der Waals surface area (Å²) in [4.78, 5) is 4.61. The number of nitrogens with zero attached hydrogens (tertiary/aromatic N) is 1. The van der Waals surface area contributed by atoms with Gasteiger partial charge >= 0.3 is 0 Å². The number of hydrogen-bond acceptors (Lipinski definition) is 1. The van der Waals surface area contributed by atoms with E-state index in [1.54, 1.807) is 0 Å². The molecule has 29 heavy (non-hydrogen) atoms. The van der Waals surface area contributed by atoms with Crippen molar-refractivity contribution in [2.24, 2.45) is 0 Å². The second-order valence-electron chi connectivity index (χ2n) is 7.70. The average molecular weight is 375 g/mol. The van der Waals surface area contributed by atoms with E-state index in [4.69, 9.17) is 1.37 Å². The van der Waals surface area contributed by atoms with Gasteiger partial charge < -0.3 is 0 Å². The van der Waals surface area contributed by atoms with E-state index in [0.29, 0.717) is 0 Å². The van der Waals surface area contributed by atoms with Gasteiger partial charge in [0.05, 0.1) is 5.69 Å². The van der Waals surface area contributed by atoms with Crippen LogP contribution in [0.15, 0.2) is 97.2 Å². The Balaban J connectivity index is 1.79. The Bertz CT molecular complexity index is 1360. The van der Waals surface area contributed by atoms with Crippen LogP contribution in [0.3, 0.4) is 0 Å². The van der Waals surface area contributed by atoms with E-state index < -0.39 is 5.89 Å². The number of benzene rings is 4. The number of aromatic nitrogens is 1. The average Bonchev–Trinajstić information content (AvgIpc) is 2.78.